The van der Waals surface area contributed by atoms with E-state index < -0.39 is 0 Å². The van der Waals surface area contributed by atoms with E-state index in [0.717, 1.165) is 39.0 Å². The van der Waals surface area contributed by atoms with Crippen molar-refractivity contribution in [3.63, 3.8) is 0 Å². The lowest BCUT2D eigenvalue weighted by Gasteiger charge is -2.37. The topological polar surface area (TPSA) is 85.4 Å². The zero-order chi connectivity index (χ0) is 19.2. The lowest BCUT2D eigenvalue weighted by molar-refractivity contribution is -0.134. The number of piperazine rings is 2. The number of rotatable bonds is 6. The molecule has 152 valence electrons. The molecule has 1 saturated carbocycles. The van der Waals surface area contributed by atoms with E-state index in [0.29, 0.717) is 51.9 Å². The minimum atomic E-state index is -0.300. The summed E-state index contributed by atoms with van der Waals surface area (Å²) in [7, 11) is 0. The van der Waals surface area contributed by atoms with Crippen molar-refractivity contribution in [1.29, 1.82) is 0 Å². The van der Waals surface area contributed by atoms with E-state index in [2.05, 4.69) is 15.1 Å². The second-order valence-electron chi connectivity index (χ2n) is 7.46. The third-order valence-electron chi connectivity index (χ3n) is 5.29. The van der Waals surface area contributed by atoms with Crippen LogP contribution >= 0.6 is 0 Å². The number of ether oxygens (including phenoxy) is 1. The molecule has 1 aliphatic carbocycles. The van der Waals surface area contributed by atoms with E-state index in [1.54, 1.807) is 11.8 Å². The number of carbonyl (C=O) groups excluding carboxylic acids is 3. The Kier molecular flexibility index (Phi) is 6.89. The lowest BCUT2D eigenvalue weighted by atomic mass is 10.2. The molecule has 0 spiro atoms. The first-order chi connectivity index (χ1) is 13.0. The van der Waals surface area contributed by atoms with Crippen molar-refractivity contribution in [2.45, 2.75) is 25.8 Å². The molecule has 9 nitrogen and oxygen atoms in total. The van der Waals surface area contributed by atoms with E-state index in [1.807, 2.05) is 4.90 Å². The smallest absolute Gasteiger partial charge is 0.409 e. The van der Waals surface area contributed by atoms with E-state index >= 15 is 0 Å². The van der Waals surface area contributed by atoms with E-state index in [9.17, 15) is 14.4 Å². The summed E-state index contributed by atoms with van der Waals surface area (Å²) in [4.78, 5) is 43.9. The van der Waals surface area contributed by atoms with Gasteiger partial charge in [0.2, 0.25) is 11.8 Å². The monoisotopic (exact) mass is 381 g/mol. The van der Waals surface area contributed by atoms with Gasteiger partial charge in [0.15, 0.2) is 0 Å². The summed E-state index contributed by atoms with van der Waals surface area (Å²) >= 11 is 0. The number of hydrogen-bond donors (Lipinski definition) is 1. The van der Waals surface area contributed by atoms with Crippen molar-refractivity contribution in [3.05, 3.63) is 0 Å². The highest BCUT2D eigenvalue weighted by Crippen LogP contribution is 2.18. The van der Waals surface area contributed by atoms with Gasteiger partial charge in [0.05, 0.1) is 19.7 Å². The van der Waals surface area contributed by atoms with Crippen molar-refractivity contribution >= 4 is 17.9 Å². The van der Waals surface area contributed by atoms with Gasteiger partial charge in [-0.05, 0) is 19.8 Å². The number of nitrogens with one attached hydrogen (secondary N) is 1. The Hall–Kier alpha value is -1.87. The average molecular weight is 381 g/mol. The van der Waals surface area contributed by atoms with Gasteiger partial charge < -0.3 is 19.9 Å². The van der Waals surface area contributed by atoms with Crippen LogP contribution in [0.25, 0.3) is 0 Å². The molecule has 0 unspecified atom stereocenters. The van der Waals surface area contributed by atoms with E-state index in [1.165, 1.54) is 0 Å². The molecular formula is C18H31N5O4. The third-order valence-corrected chi connectivity index (χ3v) is 5.29. The maximum atomic E-state index is 12.5. The summed E-state index contributed by atoms with van der Waals surface area (Å²) in [6.45, 7) is 8.38. The SMILES string of the molecule is CCOC(=O)N1CCN(C(=O)CN2CCN(CC(=O)NC3CC3)CC2)CC1. The van der Waals surface area contributed by atoms with Crippen LogP contribution in [0.5, 0.6) is 0 Å². The molecule has 0 aromatic carbocycles. The fraction of sp³-hybridized carbons (Fsp3) is 0.833. The zero-order valence-corrected chi connectivity index (χ0v) is 16.2. The van der Waals surface area contributed by atoms with Crippen molar-refractivity contribution in [3.8, 4) is 0 Å². The maximum Gasteiger partial charge on any atom is 0.409 e. The van der Waals surface area contributed by atoms with Crippen LogP contribution in [0, 0.1) is 0 Å². The van der Waals surface area contributed by atoms with Gasteiger partial charge in [-0.1, -0.05) is 0 Å². The lowest BCUT2D eigenvalue weighted by Crippen LogP contribution is -2.55. The van der Waals surface area contributed by atoms with Gasteiger partial charge in [-0.15, -0.1) is 0 Å². The first kappa shape index (κ1) is 19.9. The highest BCUT2D eigenvalue weighted by molar-refractivity contribution is 5.79. The largest absolute Gasteiger partial charge is 0.450 e. The van der Waals surface area contributed by atoms with Gasteiger partial charge in [0, 0.05) is 58.4 Å². The van der Waals surface area contributed by atoms with Gasteiger partial charge in [0.1, 0.15) is 0 Å². The number of amides is 3. The molecule has 3 rings (SSSR count). The van der Waals surface area contributed by atoms with Gasteiger partial charge in [0.25, 0.3) is 0 Å². The molecule has 2 saturated heterocycles. The Bertz CT molecular complexity index is 538. The molecule has 0 bridgehead atoms. The molecule has 0 atom stereocenters. The molecule has 27 heavy (non-hydrogen) atoms. The van der Waals surface area contributed by atoms with Crippen LogP contribution in [0.2, 0.25) is 0 Å². The Morgan fingerprint density at radius 2 is 1.41 bits per heavy atom. The highest BCUT2D eigenvalue weighted by atomic mass is 16.6. The molecule has 3 amide bonds. The molecule has 9 heteroatoms. The summed E-state index contributed by atoms with van der Waals surface area (Å²) in [5.41, 5.74) is 0. The molecule has 1 N–H and O–H groups in total. The van der Waals surface area contributed by atoms with Crippen LogP contribution in [0.4, 0.5) is 4.79 Å². The molecule has 0 radical (unpaired) electrons. The average Bonchev–Trinajstić information content (AvgIpc) is 3.47. The number of hydrogen-bond acceptors (Lipinski definition) is 6. The van der Waals surface area contributed by atoms with Crippen molar-refractivity contribution in [2.75, 3.05) is 72.1 Å². The molecule has 0 aromatic heterocycles. The molecular weight excluding hydrogens is 350 g/mol. The Morgan fingerprint density at radius 3 is 1.96 bits per heavy atom. The fourth-order valence-corrected chi connectivity index (χ4v) is 3.45. The van der Waals surface area contributed by atoms with E-state index in [4.69, 9.17) is 4.74 Å². The van der Waals surface area contributed by atoms with Crippen LogP contribution in [0.3, 0.4) is 0 Å². The van der Waals surface area contributed by atoms with Crippen LogP contribution in [-0.4, -0.2) is 116 Å². The standard InChI is InChI=1S/C18H31N5O4/c1-2-27-18(26)23-11-9-22(10-12-23)17(25)14-21-7-5-20(6-8-21)13-16(24)19-15-3-4-15/h15H,2-14H2,1H3,(H,19,24). The summed E-state index contributed by atoms with van der Waals surface area (Å²) in [6.07, 6.45) is 1.91. The van der Waals surface area contributed by atoms with Crippen LogP contribution in [0.15, 0.2) is 0 Å². The molecule has 0 aromatic rings. The van der Waals surface area contributed by atoms with Gasteiger partial charge in [-0.2, -0.15) is 0 Å². The summed E-state index contributed by atoms with van der Waals surface area (Å²) in [5, 5.41) is 3.02. The first-order valence-electron chi connectivity index (χ1n) is 9.98. The zero-order valence-electron chi connectivity index (χ0n) is 16.2. The first-order valence-corrected chi connectivity index (χ1v) is 9.98. The van der Waals surface area contributed by atoms with Crippen LogP contribution in [-0.2, 0) is 14.3 Å². The summed E-state index contributed by atoms with van der Waals surface area (Å²) < 4.78 is 5.00. The van der Waals surface area contributed by atoms with Gasteiger partial charge in [-0.3, -0.25) is 19.4 Å². The number of carbonyl (C=O) groups is 3. The fourth-order valence-electron chi connectivity index (χ4n) is 3.45. The van der Waals surface area contributed by atoms with Gasteiger partial charge in [-0.25, -0.2) is 4.79 Å². The second-order valence-corrected chi connectivity index (χ2v) is 7.46. The third kappa shape index (κ3) is 6.07. The Morgan fingerprint density at radius 1 is 0.852 bits per heavy atom. The minimum Gasteiger partial charge on any atom is -0.450 e. The van der Waals surface area contributed by atoms with Crippen LogP contribution < -0.4 is 5.32 Å². The van der Waals surface area contributed by atoms with Crippen molar-refractivity contribution < 1.29 is 19.1 Å². The number of nitrogens with zero attached hydrogens (tertiary/aromatic N) is 4. The van der Waals surface area contributed by atoms with Crippen LogP contribution in [0.1, 0.15) is 19.8 Å². The quantitative estimate of drug-likeness (QED) is 0.647. The van der Waals surface area contributed by atoms with Crippen molar-refractivity contribution in [2.24, 2.45) is 0 Å². The normalized spacial score (nSPS) is 21.8. The van der Waals surface area contributed by atoms with Gasteiger partial charge >= 0.3 is 6.09 Å². The molecule has 3 fully saturated rings. The summed E-state index contributed by atoms with van der Waals surface area (Å²) in [6, 6.07) is 0.403. The maximum absolute atomic E-state index is 12.5. The molecule has 3 aliphatic rings. The highest BCUT2D eigenvalue weighted by Gasteiger charge is 2.28. The predicted octanol–water partition coefficient (Wildman–Crippen LogP) is -0.817. The predicted molar refractivity (Wildman–Crippen MR) is 99.2 cm³/mol. The Labute approximate surface area is 160 Å². The van der Waals surface area contributed by atoms with Crippen molar-refractivity contribution in [1.82, 2.24) is 24.9 Å². The molecule has 2 aliphatic heterocycles. The second kappa shape index (κ2) is 9.36. The summed E-state index contributed by atoms with van der Waals surface area (Å²) in [5.74, 6) is 0.222. The molecule has 2 heterocycles. The minimum absolute atomic E-state index is 0.110. The Balaban J connectivity index is 1.32. The van der Waals surface area contributed by atoms with E-state index in [-0.39, 0.29) is 17.9 Å².